The number of benzene rings is 2. The molecule has 0 unspecified atom stereocenters. The number of nitrogens with one attached hydrogen (secondary N) is 2. The summed E-state index contributed by atoms with van der Waals surface area (Å²) in [5.41, 5.74) is 3.26. The molecule has 0 saturated carbocycles. The Labute approximate surface area is 158 Å². The monoisotopic (exact) mass is 377 g/mol. The van der Waals surface area contributed by atoms with E-state index in [2.05, 4.69) is 26.7 Å². The van der Waals surface area contributed by atoms with Crippen LogP contribution in [-0.2, 0) is 12.8 Å². The molecule has 0 aliphatic heterocycles. The molecule has 0 radical (unpaired) electrons. The molecule has 7 nitrogen and oxygen atoms in total. The van der Waals surface area contributed by atoms with Gasteiger partial charge in [0.1, 0.15) is 5.82 Å². The molecule has 1 aliphatic rings. The number of H-pyrrole nitrogens is 1. The summed E-state index contributed by atoms with van der Waals surface area (Å²) < 4.78 is 14.7. The average Bonchev–Trinajstić information content (AvgIpc) is 3.14. The van der Waals surface area contributed by atoms with Gasteiger partial charge in [0, 0.05) is 5.69 Å². The molecule has 0 fully saturated rings. The van der Waals surface area contributed by atoms with Crippen molar-refractivity contribution in [3.05, 3.63) is 69.4 Å². The Morgan fingerprint density at radius 3 is 2.93 bits per heavy atom. The molecule has 2 N–H and O–H groups in total. The highest BCUT2D eigenvalue weighted by molar-refractivity contribution is 6.08. The van der Waals surface area contributed by atoms with Gasteiger partial charge in [0.05, 0.1) is 11.0 Å². The fourth-order valence-corrected chi connectivity index (χ4v) is 3.86. The van der Waals surface area contributed by atoms with E-state index in [-0.39, 0.29) is 16.7 Å². The Bertz CT molecular complexity index is 1310. The SMILES string of the molecule is O=C(Nc1cccc2c1CCCC2)c1nnn2c1c(=O)[nH]c1cc(F)ccc12. The molecule has 140 valence electrons. The first-order chi connectivity index (χ1) is 13.6. The zero-order valence-corrected chi connectivity index (χ0v) is 14.8. The summed E-state index contributed by atoms with van der Waals surface area (Å²) in [6.07, 6.45) is 4.13. The van der Waals surface area contributed by atoms with E-state index < -0.39 is 17.3 Å². The van der Waals surface area contributed by atoms with Crippen LogP contribution in [0.5, 0.6) is 0 Å². The fourth-order valence-electron chi connectivity index (χ4n) is 3.86. The van der Waals surface area contributed by atoms with E-state index in [0.29, 0.717) is 5.52 Å². The predicted molar refractivity (Wildman–Crippen MR) is 102 cm³/mol. The minimum atomic E-state index is -0.552. The zero-order valence-electron chi connectivity index (χ0n) is 14.8. The summed E-state index contributed by atoms with van der Waals surface area (Å²) in [5, 5.41) is 10.8. The summed E-state index contributed by atoms with van der Waals surface area (Å²) in [5.74, 6) is -0.977. The lowest BCUT2D eigenvalue weighted by Crippen LogP contribution is -2.19. The molecule has 5 rings (SSSR count). The second kappa shape index (κ2) is 6.26. The summed E-state index contributed by atoms with van der Waals surface area (Å²) in [6, 6.07) is 9.80. The molecule has 1 aliphatic carbocycles. The van der Waals surface area contributed by atoms with E-state index in [1.165, 1.54) is 28.3 Å². The number of fused-ring (bicyclic) bond motifs is 4. The summed E-state index contributed by atoms with van der Waals surface area (Å²) in [7, 11) is 0. The average molecular weight is 377 g/mol. The molecule has 0 atom stereocenters. The highest BCUT2D eigenvalue weighted by Gasteiger charge is 2.22. The largest absolute Gasteiger partial charge is 0.320 e. The minimum absolute atomic E-state index is 0.0291. The Balaban J connectivity index is 1.59. The van der Waals surface area contributed by atoms with E-state index in [9.17, 15) is 14.0 Å². The molecule has 0 spiro atoms. The van der Waals surface area contributed by atoms with Gasteiger partial charge in [0.15, 0.2) is 11.2 Å². The maximum absolute atomic E-state index is 13.5. The second-order valence-electron chi connectivity index (χ2n) is 6.92. The number of carbonyl (C=O) groups excluding carboxylic acids is 1. The zero-order chi connectivity index (χ0) is 19.3. The number of aryl methyl sites for hydroxylation is 1. The summed E-state index contributed by atoms with van der Waals surface area (Å²) >= 11 is 0. The van der Waals surface area contributed by atoms with Gasteiger partial charge in [-0.15, -0.1) is 5.10 Å². The maximum atomic E-state index is 13.5. The summed E-state index contributed by atoms with van der Waals surface area (Å²) in [6.45, 7) is 0. The van der Waals surface area contributed by atoms with Crippen LogP contribution in [0.3, 0.4) is 0 Å². The standard InChI is InChI=1S/C20H16FN5O2/c21-12-8-9-16-15(10-12)23-20(28)18-17(24-25-26(16)18)19(27)22-14-7-3-5-11-4-1-2-6-13(11)14/h3,5,7-10H,1-2,4,6H2,(H,22,27)(H,23,28). The third-order valence-electron chi connectivity index (χ3n) is 5.18. The highest BCUT2D eigenvalue weighted by atomic mass is 19.1. The lowest BCUT2D eigenvalue weighted by Gasteiger charge is -2.19. The molecule has 2 aromatic carbocycles. The van der Waals surface area contributed by atoms with Crippen molar-refractivity contribution in [2.24, 2.45) is 0 Å². The van der Waals surface area contributed by atoms with Crippen molar-refractivity contribution in [2.75, 3.05) is 5.32 Å². The number of halogens is 1. The predicted octanol–water partition coefficient (Wildman–Crippen LogP) is 2.84. The first-order valence-corrected chi connectivity index (χ1v) is 9.11. The number of hydrogen-bond acceptors (Lipinski definition) is 4. The first-order valence-electron chi connectivity index (χ1n) is 9.11. The highest BCUT2D eigenvalue weighted by Crippen LogP contribution is 2.28. The van der Waals surface area contributed by atoms with Crippen LogP contribution in [0.25, 0.3) is 16.6 Å². The van der Waals surface area contributed by atoms with Crippen LogP contribution in [0.1, 0.15) is 34.5 Å². The van der Waals surface area contributed by atoms with Crippen LogP contribution in [0.2, 0.25) is 0 Å². The van der Waals surface area contributed by atoms with Crippen LogP contribution < -0.4 is 10.9 Å². The lowest BCUT2D eigenvalue weighted by atomic mass is 9.90. The minimum Gasteiger partial charge on any atom is -0.320 e. The van der Waals surface area contributed by atoms with E-state index in [4.69, 9.17) is 0 Å². The van der Waals surface area contributed by atoms with E-state index in [1.807, 2.05) is 12.1 Å². The van der Waals surface area contributed by atoms with Crippen molar-refractivity contribution >= 4 is 28.1 Å². The van der Waals surface area contributed by atoms with Gasteiger partial charge in [-0.05, 0) is 61.1 Å². The number of carbonyl (C=O) groups is 1. The van der Waals surface area contributed by atoms with Gasteiger partial charge in [-0.2, -0.15) is 0 Å². The number of aromatic nitrogens is 4. The third kappa shape index (κ3) is 2.57. The van der Waals surface area contributed by atoms with Crippen LogP contribution >= 0.6 is 0 Å². The summed E-state index contributed by atoms with van der Waals surface area (Å²) in [4.78, 5) is 28.0. The fraction of sp³-hybridized carbons (Fsp3) is 0.200. The van der Waals surface area contributed by atoms with Gasteiger partial charge in [0.2, 0.25) is 0 Å². The van der Waals surface area contributed by atoms with Crippen molar-refractivity contribution in [3.8, 4) is 0 Å². The Morgan fingerprint density at radius 1 is 1.18 bits per heavy atom. The smallest absolute Gasteiger partial charge is 0.278 e. The molecule has 1 amide bonds. The number of amides is 1. The lowest BCUT2D eigenvalue weighted by molar-refractivity contribution is 0.102. The topological polar surface area (TPSA) is 92.2 Å². The van der Waals surface area contributed by atoms with Gasteiger partial charge < -0.3 is 10.3 Å². The van der Waals surface area contributed by atoms with Crippen LogP contribution in [0.4, 0.5) is 10.1 Å². The van der Waals surface area contributed by atoms with Crippen LogP contribution in [0.15, 0.2) is 41.2 Å². The third-order valence-corrected chi connectivity index (χ3v) is 5.18. The van der Waals surface area contributed by atoms with E-state index in [0.717, 1.165) is 36.9 Å². The van der Waals surface area contributed by atoms with Gasteiger partial charge >= 0.3 is 0 Å². The Hall–Kier alpha value is -3.55. The number of anilines is 1. The van der Waals surface area contributed by atoms with Crippen molar-refractivity contribution < 1.29 is 9.18 Å². The van der Waals surface area contributed by atoms with Gasteiger partial charge in [-0.1, -0.05) is 17.3 Å². The van der Waals surface area contributed by atoms with Crippen LogP contribution in [0, 0.1) is 5.82 Å². The first kappa shape index (κ1) is 16.6. The van der Waals surface area contributed by atoms with Crippen LogP contribution in [-0.4, -0.2) is 25.7 Å². The number of hydrogen-bond donors (Lipinski definition) is 2. The molecule has 0 bridgehead atoms. The molecule has 2 heterocycles. The van der Waals surface area contributed by atoms with E-state index >= 15 is 0 Å². The van der Waals surface area contributed by atoms with Crippen molar-refractivity contribution in [2.45, 2.75) is 25.7 Å². The molecular formula is C20H16FN5O2. The molecule has 0 saturated heterocycles. The second-order valence-corrected chi connectivity index (χ2v) is 6.92. The van der Waals surface area contributed by atoms with Crippen molar-refractivity contribution in [1.29, 1.82) is 0 Å². The molecular weight excluding hydrogens is 361 g/mol. The van der Waals surface area contributed by atoms with Gasteiger partial charge in [-0.25, -0.2) is 8.91 Å². The van der Waals surface area contributed by atoms with Gasteiger partial charge in [0.25, 0.3) is 11.5 Å². The molecule has 28 heavy (non-hydrogen) atoms. The van der Waals surface area contributed by atoms with Gasteiger partial charge in [-0.3, -0.25) is 9.59 Å². The quantitative estimate of drug-likeness (QED) is 0.562. The Kier molecular flexibility index (Phi) is 3.71. The number of nitrogens with zero attached hydrogens (tertiary/aromatic N) is 3. The normalized spacial score (nSPS) is 13.6. The molecule has 4 aromatic rings. The number of rotatable bonds is 2. The molecule has 2 aromatic heterocycles. The van der Waals surface area contributed by atoms with Crippen molar-refractivity contribution in [3.63, 3.8) is 0 Å². The Morgan fingerprint density at radius 2 is 2.04 bits per heavy atom. The number of aromatic amines is 1. The molecule has 8 heteroatoms. The van der Waals surface area contributed by atoms with Crippen molar-refractivity contribution in [1.82, 2.24) is 19.8 Å². The maximum Gasteiger partial charge on any atom is 0.278 e. The van der Waals surface area contributed by atoms with E-state index in [1.54, 1.807) is 0 Å².